The standard InChI is InChI=1S/C10H10Cl2N2O2/c1-16-10(15)7-4-6(2-3-8(7)12)14-9(13)5-11/h2-4H,5H2,1H3,(H2,13,14). The normalized spacial score (nSPS) is 11.3. The van der Waals surface area contributed by atoms with Crippen LogP contribution in [-0.4, -0.2) is 24.8 Å². The number of benzene rings is 1. The Morgan fingerprint density at radius 2 is 2.25 bits per heavy atom. The highest BCUT2D eigenvalue weighted by Gasteiger charge is 2.11. The van der Waals surface area contributed by atoms with Crippen molar-refractivity contribution in [2.75, 3.05) is 13.0 Å². The third-order valence-corrected chi connectivity index (χ3v) is 2.37. The van der Waals surface area contributed by atoms with Crippen molar-refractivity contribution in [3.63, 3.8) is 0 Å². The fraction of sp³-hybridized carbons (Fsp3) is 0.200. The molecule has 0 fully saturated rings. The fourth-order valence-electron chi connectivity index (χ4n) is 1.04. The first-order valence-electron chi connectivity index (χ1n) is 4.35. The number of carbonyl (C=O) groups excluding carboxylic acids is 1. The van der Waals surface area contributed by atoms with Crippen molar-refractivity contribution >= 4 is 40.7 Å². The summed E-state index contributed by atoms with van der Waals surface area (Å²) in [6.07, 6.45) is 0. The molecule has 0 radical (unpaired) electrons. The average Bonchev–Trinajstić information content (AvgIpc) is 2.30. The lowest BCUT2D eigenvalue weighted by molar-refractivity contribution is 0.0601. The minimum absolute atomic E-state index is 0.121. The molecule has 0 saturated heterocycles. The number of nitrogens with zero attached hydrogens (tertiary/aromatic N) is 1. The smallest absolute Gasteiger partial charge is 0.339 e. The number of amidine groups is 1. The topological polar surface area (TPSA) is 64.7 Å². The Balaban J connectivity index is 3.12. The summed E-state index contributed by atoms with van der Waals surface area (Å²) in [7, 11) is 1.28. The number of hydrogen-bond acceptors (Lipinski definition) is 3. The van der Waals surface area contributed by atoms with E-state index in [1.54, 1.807) is 12.1 Å². The van der Waals surface area contributed by atoms with Gasteiger partial charge in [-0.3, -0.25) is 0 Å². The first-order valence-corrected chi connectivity index (χ1v) is 5.26. The van der Waals surface area contributed by atoms with Crippen molar-refractivity contribution in [2.24, 2.45) is 10.7 Å². The number of alkyl halides is 1. The molecule has 6 heteroatoms. The van der Waals surface area contributed by atoms with Gasteiger partial charge in [0.05, 0.1) is 29.3 Å². The van der Waals surface area contributed by atoms with E-state index in [1.165, 1.54) is 13.2 Å². The zero-order valence-electron chi connectivity index (χ0n) is 8.54. The zero-order chi connectivity index (χ0) is 12.1. The highest BCUT2D eigenvalue weighted by atomic mass is 35.5. The Morgan fingerprint density at radius 1 is 1.56 bits per heavy atom. The van der Waals surface area contributed by atoms with E-state index >= 15 is 0 Å². The number of halogens is 2. The van der Waals surface area contributed by atoms with Gasteiger partial charge in [-0.05, 0) is 18.2 Å². The third-order valence-electron chi connectivity index (χ3n) is 1.76. The van der Waals surface area contributed by atoms with Crippen LogP contribution in [-0.2, 0) is 4.74 Å². The SMILES string of the molecule is COC(=O)c1cc(N=C(N)CCl)ccc1Cl. The monoisotopic (exact) mass is 260 g/mol. The minimum atomic E-state index is -0.522. The van der Waals surface area contributed by atoms with Gasteiger partial charge in [-0.1, -0.05) is 11.6 Å². The molecule has 86 valence electrons. The minimum Gasteiger partial charge on any atom is -0.465 e. The number of rotatable bonds is 3. The van der Waals surface area contributed by atoms with Gasteiger partial charge in [0.25, 0.3) is 0 Å². The van der Waals surface area contributed by atoms with Crippen LogP contribution in [0.4, 0.5) is 5.69 Å². The molecule has 16 heavy (non-hydrogen) atoms. The van der Waals surface area contributed by atoms with Gasteiger partial charge in [0.1, 0.15) is 5.84 Å². The number of ether oxygens (including phenoxy) is 1. The van der Waals surface area contributed by atoms with E-state index in [2.05, 4.69) is 9.73 Å². The Bertz CT molecular complexity index is 433. The van der Waals surface area contributed by atoms with Gasteiger partial charge in [-0.15, -0.1) is 11.6 Å². The van der Waals surface area contributed by atoms with E-state index in [0.717, 1.165) is 0 Å². The van der Waals surface area contributed by atoms with E-state index in [4.69, 9.17) is 28.9 Å². The van der Waals surface area contributed by atoms with E-state index < -0.39 is 5.97 Å². The van der Waals surface area contributed by atoms with Crippen LogP contribution in [0.15, 0.2) is 23.2 Å². The van der Waals surface area contributed by atoms with Crippen LogP contribution in [0.25, 0.3) is 0 Å². The predicted molar refractivity (Wildman–Crippen MR) is 64.8 cm³/mol. The molecule has 0 amide bonds. The summed E-state index contributed by atoms with van der Waals surface area (Å²) < 4.78 is 4.57. The Labute approximate surface area is 103 Å². The molecular weight excluding hydrogens is 251 g/mol. The lowest BCUT2D eigenvalue weighted by atomic mass is 10.2. The number of aliphatic imine (C=N–C) groups is 1. The molecule has 1 aromatic rings. The second-order valence-corrected chi connectivity index (χ2v) is 3.57. The molecule has 0 heterocycles. The largest absolute Gasteiger partial charge is 0.465 e. The maximum absolute atomic E-state index is 11.3. The Hall–Kier alpha value is -1.26. The summed E-state index contributed by atoms with van der Waals surface area (Å²) in [5.74, 6) is -0.137. The van der Waals surface area contributed by atoms with Crippen molar-refractivity contribution in [3.05, 3.63) is 28.8 Å². The van der Waals surface area contributed by atoms with Crippen LogP contribution in [0.3, 0.4) is 0 Å². The molecule has 1 aromatic carbocycles. The van der Waals surface area contributed by atoms with Crippen LogP contribution in [0.5, 0.6) is 0 Å². The number of nitrogens with two attached hydrogens (primary N) is 1. The molecule has 2 N–H and O–H groups in total. The third kappa shape index (κ3) is 3.12. The molecule has 0 unspecified atom stereocenters. The van der Waals surface area contributed by atoms with Crippen LogP contribution < -0.4 is 5.73 Å². The number of esters is 1. The zero-order valence-corrected chi connectivity index (χ0v) is 10.0. The van der Waals surface area contributed by atoms with Crippen molar-refractivity contribution < 1.29 is 9.53 Å². The molecular formula is C10H10Cl2N2O2. The van der Waals surface area contributed by atoms with Crippen molar-refractivity contribution in [1.82, 2.24) is 0 Å². The number of carbonyl (C=O) groups is 1. The van der Waals surface area contributed by atoms with Crippen LogP contribution in [0, 0.1) is 0 Å². The predicted octanol–water partition coefficient (Wildman–Crippen LogP) is 2.35. The molecule has 0 aliphatic rings. The maximum atomic E-state index is 11.3. The number of methoxy groups -OCH3 is 1. The molecule has 0 aliphatic heterocycles. The van der Waals surface area contributed by atoms with Gasteiger partial charge in [-0.25, -0.2) is 9.79 Å². The second-order valence-electron chi connectivity index (χ2n) is 2.89. The van der Waals surface area contributed by atoms with Crippen LogP contribution in [0.2, 0.25) is 5.02 Å². The first-order chi connectivity index (χ1) is 7.58. The summed E-state index contributed by atoms with van der Waals surface area (Å²) in [6.45, 7) is 0. The highest BCUT2D eigenvalue weighted by Crippen LogP contribution is 2.23. The van der Waals surface area contributed by atoms with E-state index in [-0.39, 0.29) is 17.3 Å². The highest BCUT2D eigenvalue weighted by molar-refractivity contribution is 6.33. The molecule has 0 aromatic heterocycles. The van der Waals surface area contributed by atoms with Gasteiger partial charge < -0.3 is 10.5 Å². The van der Waals surface area contributed by atoms with Gasteiger partial charge in [-0.2, -0.15) is 0 Å². The average molecular weight is 261 g/mol. The van der Waals surface area contributed by atoms with Gasteiger partial charge in [0, 0.05) is 0 Å². The lowest BCUT2D eigenvalue weighted by Gasteiger charge is -2.03. The molecule has 1 rings (SSSR count). The summed E-state index contributed by atoms with van der Waals surface area (Å²) in [5, 5.41) is 0.301. The molecule has 0 atom stereocenters. The summed E-state index contributed by atoms with van der Waals surface area (Å²) in [6, 6.07) is 4.68. The van der Waals surface area contributed by atoms with Crippen molar-refractivity contribution in [2.45, 2.75) is 0 Å². The van der Waals surface area contributed by atoms with Crippen molar-refractivity contribution in [1.29, 1.82) is 0 Å². The van der Waals surface area contributed by atoms with Gasteiger partial charge >= 0.3 is 5.97 Å². The van der Waals surface area contributed by atoms with Crippen molar-refractivity contribution in [3.8, 4) is 0 Å². The number of hydrogen-bond donors (Lipinski definition) is 1. The molecule has 0 aliphatic carbocycles. The molecule has 4 nitrogen and oxygen atoms in total. The lowest BCUT2D eigenvalue weighted by Crippen LogP contribution is -2.12. The van der Waals surface area contributed by atoms with E-state index in [1.807, 2.05) is 0 Å². The maximum Gasteiger partial charge on any atom is 0.339 e. The summed E-state index contributed by atoms with van der Waals surface area (Å²) >= 11 is 11.3. The quantitative estimate of drug-likeness (QED) is 0.393. The molecule has 0 saturated carbocycles. The van der Waals surface area contributed by atoms with E-state index in [0.29, 0.717) is 10.7 Å². The van der Waals surface area contributed by atoms with Gasteiger partial charge in [0.15, 0.2) is 0 Å². The summed E-state index contributed by atoms with van der Waals surface area (Å²) in [4.78, 5) is 15.3. The van der Waals surface area contributed by atoms with Gasteiger partial charge in [0.2, 0.25) is 0 Å². The molecule has 0 spiro atoms. The Morgan fingerprint density at radius 3 is 2.81 bits per heavy atom. The van der Waals surface area contributed by atoms with Crippen LogP contribution in [0.1, 0.15) is 10.4 Å². The van der Waals surface area contributed by atoms with E-state index in [9.17, 15) is 4.79 Å². The fourth-order valence-corrected chi connectivity index (χ4v) is 1.30. The molecule has 0 bridgehead atoms. The Kier molecular flexibility index (Phi) is 4.58. The summed E-state index contributed by atoms with van der Waals surface area (Å²) in [5.41, 5.74) is 6.22. The first kappa shape index (κ1) is 12.8. The second kappa shape index (κ2) is 5.72. The van der Waals surface area contributed by atoms with Crippen LogP contribution >= 0.6 is 23.2 Å².